The Bertz CT molecular complexity index is 1700. The second-order valence-electron chi connectivity index (χ2n) is 17.6. The molecule has 0 radical (unpaired) electrons. The fourth-order valence-corrected chi connectivity index (χ4v) is 6.99. The largest absolute Gasteiger partial charge is 0.457 e. The second-order valence-corrected chi connectivity index (χ2v) is 17.6. The Morgan fingerprint density at radius 3 is 1.19 bits per heavy atom. The van der Waals surface area contributed by atoms with E-state index in [1.807, 2.05) is 0 Å². The van der Waals surface area contributed by atoms with Crippen LogP contribution in [0.15, 0.2) is 170 Å². The van der Waals surface area contributed by atoms with E-state index in [9.17, 15) is 25.2 Å². The molecule has 4 N–H and O–H groups in total. The molecule has 72 heavy (non-hydrogen) atoms. The number of carbonyl (C=O) groups excluding carboxylic acids is 1. The predicted octanol–water partition coefficient (Wildman–Crippen LogP) is 14.1. The number of aliphatic hydroxyl groups excluding tert-OH is 4. The van der Waals surface area contributed by atoms with Gasteiger partial charge in [-0.25, -0.2) is 0 Å². The number of rotatable bonds is 44. The summed E-state index contributed by atoms with van der Waals surface area (Å²) >= 11 is 0. The Labute approximate surface area is 436 Å². The molecule has 0 bridgehead atoms. The van der Waals surface area contributed by atoms with E-state index in [1.54, 1.807) is 0 Å². The van der Waals surface area contributed by atoms with Crippen molar-refractivity contribution in [3.63, 3.8) is 0 Å². The highest BCUT2D eigenvalue weighted by Gasteiger charge is 2.44. The van der Waals surface area contributed by atoms with Crippen LogP contribution < -0.4 is 0 Å². The van der Waals surface area contributed by atoms with Crippen molar-refractivity contribution in [3.8, 4) is 0 Å². The van der Waals surface area contributed by atoms with Crippen molar-refractivity contribution < 1.29 is 44.2 Å². The molecule has 9 heteroatoms. The lowest BCUT2D eigenvalue weighted by Crippen LogP contribution is -2.59. The highest BCUT2D eigenvalue weighted by atomic mass is 16.7. The molecule has 0 spiro atoms. The normalized spacial score (nSPS) is 20.1. The summed E-state index contributed by atoms with van der Waals surface area (Å²) in [6.45, 7) is 4.16. The van der Waals surface area contributed by atoms with Gasteiger partial charge in [0.25, 0.3) is 0 Å². The van der Waals surface area contributed by atoms with Crippen LogP contribution in [0.25, 0.3) is 0 Å². The molecule has 402 valence electrons. The van der Waals surface area contributed by atoms with E-state index in [4.69, 9.17) is 18.9 Å². The first-order valence-corrected chi connectivity index (χ1v) is 27.2. The molecule has 1 rings (SSSR count). The van der Waals surface area contributed by atoms with Gasteiger partial charge in [-0.2, -0.15) is 0 Å². The SMILES string of the molecule is CC/C=C\C/C=C\C/C=C\C/C=C\C/C=C\C/C=C\C/C=C\CCCCCCOCC(COC1OC(CO)C(O)C(O)C1O)OC(=O)CCC/C=C\C/C=C\C/C=C\C/C=C\C/C=C\C/C=C\C/C=C\CC. The summed E-state index contributed by atoms with van der Waals surface area (Å²) in [6, 6.07) is 0. The minimum absolute atomic E-state index is 0.0896. The third kappa shape index (κ3) is 41.1. The van der Waals surface area contributed by atoms with E-state index in [0.717, 1.165) is 128 Å². The van der Waals surface area contributed by atoms with Crippen LogP contribution in [0.5, 0.6) is 0 Å². The summed E-state index contributed by atoms with van der Waals surface area (Å²) < 4.78 is 22.8. The second kappa shape index (κ2) is 51.5. The lowest BCUT2D eigenvalue weighted by Gasteiger charge is -2.39. The summed E-state index contributed by atoms with van der Waals surface area (Å²) in [5.74, 6) is -0.389. The van der Waals surface area contributed by atoms with Crippen LogP contribution >= 0.6 is 0 Å². The van der Waals surface area contributed by atoms with Gasteiger partial charge in [0.15, 0.2) is 6.29 Å². The van der Waals surface area contributed by atoms with Crippen molar-refractivity contribution in [2.24, 2.45) is 0 Å². The monoisotopic (exact) mass is 997 g/mol. The van der Waals surface area contributed by atoms with Crippen molar-refractivity contribution in [2.45, 2.75) is 192 Å². The van der Waals surface area contributed by atoms with Gasteiger partial charge in [0.2, 0.25) is 0 Å². The van der Waals surface area contributed by atoms with Gasteiger partial charge in [-0.3, -0.25) is 4.79 Å². The Morgan fingerprint density at radius 1 is 0.444 bits per heavy atom. The number of esters is 1. The zero-order chi connectivity index (χ0) is 52.1. The molecule has 1 saturated heterocycles. The van der Waals surface area contributed by atoms with Gasteiger partial charge in [-0.15, -0.1) is 0 Å². The van der Waals surface area contributed by atoms with Gasteiger partial charge in [0.05, 0.1) is 19.8 Å². The van der Waals surface area contributed by atoms with E-state index < -0.39 is 43.4 Å². The zero-order valence-corrected chi connectivity index (χ0v) is 44.3. The summed E-state index contributed by atoms with van der Waals surface area (Å²) in [5.41, 5.74) is 0. The Morgan fingerprint density at radius 2 is 0.806 bits per heavy atom. The fourth-order valence-electron chi connectivity index (χ4n) is 6.99. The third-order valence-corrected chi connectivity index (χ3v) is 11.1. The van der Waals surface area contributed by atoms with Crippen molar-refractivity contribution >= 4 is 5.97 Å². The smallest absolute Gasteiger partial charge is 0.306 e. The van der Waals surface area contributed by atoms with Crippen LogP contribution in [0.3, 0.4) is 0 Å². The quantitative estimate of drug-likeness (QED) is 0.0267. The number of hydrogen-bond donors (Lipinski definition) is 4. The number of aliphatic hydroxyl groups is 4. The highest BCUT2D eigenvalue weighted by molar-refractivity contribution is 5.69. The van der Waals surface area contributed by atoms with Crippen LogP contribution in [-0.4, -0.2) is 89.6 Å². The molecule has 0 saturated carbocycles. The van der Waals surface area contributed by atoms with Crippen LogP contribution in [0.1, 0.15) is 155 Å². The van der Waals surface area contributed by atoms with E-state index in [1.165, 1.54) is 0 Å². The van der Waals surface area contributed by atoms with Gasteiger partial charge < -0.3 is 39.4 Å². The topological polar surface area (TPSA) is 135 Å². The number of unbranched alkanes of at least 4 members (excludes halogenated alkanes) is 5. The van der Waals surface area contributed by atoms with E-state index >= 15 is 0 Å². The molecule has 0 amide bonds. The maximum atomic E-state index is 12.8. The molecular formula is C63H96O9. The molecule has 1 aliphatic rings. The molecule has 0 aromatic heterocycles. The lowest BCUT2D eigenvalue weighted by atomic mass is 9.99. The van der Waals surface area contributed by atoms with E-state index in [0.29, 0.717) is 13.0 Å². The number of hydrogen-bond acceptors (Lipinski definition) is 9. The molecule has 6 unspecified atom stereocenters. The third-order valence-electron chi connectivity index (χ3n) is 11.1. The average molecular weight is 997 g/mol. The highest BCUT2D eigenvalue weighted by Crippen LogP contribution is 2.22. The Balaban J connectivity index is 2.29. The van der Waals surface area contributed by atoms with Gasteiger partial charge in [0.1, 0.15) is 30.5 Å². The number of allylic oxidation sites excluding steroid dienone is 28. The van der Waals surface area contributed by atoms with Crippen molar-refractivity contribution in [1.82, 2.24) is 0 Å². The van der Waals surface area contributed by atoms with Gasteiger partial charge in [-0.1, -0.05) is 197 Å². The van der Waals surface area contributed by atoms with Crippen molar-refractivity contribution in [1.29, 1.82) is 0 Å². The summed E-state index contributed by atoms with van der Waals surface area (Å²) in [6.07, 6.45) is 73.9. The maximum absolute atomic E-state index is 12.8. The molecule has 9 nitrogen and oxygen atoms in total. The standard InChI is InChI=1S/C63H96O9/c1-3-5-7-9-11-13-15-17-19-21-23-25-27-28-29-31-33-35-37-39-41-43-45-47-49-51-53-69-55-57(56-70-63-62(68)61(67)60(66)58(54-64)72-63)71-59(65)52-50-48-46-44-42-40-38-36-34-32-30-26-24-22-20-18-16-14-12-10-8-6-4-2/h5-8,11-14,17-20,23-26,28-29,32-35,38-41,44,46,57-58,60-64,66-68H,3-4,9-10,15-16,21-22,27,30-31,36-37,42-43,45,47-56H2,1-2H3/b7-5-,8-6-,13-11-,14-12-,19-17-,20-18-,25-23-,26-24-,29-28-,34-32-,35-33-,40-38-,41-39-,46-44-. The molecule has 1 aliphatic heterocycles. The zero-order valence-electron chi connectivity index (χ0n) is 44.3. The van der Waals surface area contributed by atoms with Crippen molar-refractivity contribution in [3.05, 3.63) is 170 Å². The lowest BCUT2D eigenvalue weighted by molar-refractivity contribution is -0.305. The van der Waals surface area contributed by atoms with E-state index in [2.05, 4.69) is 184 Å². The minimum Gasteiger partial charge on any atom is -0.457 e. The fraction of sp³-hybridized carbons (Fsp3) is 0.540. The van der Waals surface area contributed by atoms with Crippen LogP contribution in [0, 0.1) is 0 Å². The molecule has 0 aromatic rings. The van der Waals surface area contributed by atoms with Crippen LogP contribution in [0.2, 0.25) is 0 Å². The first-order valence-electron chi connectivity index (χ1n) is 27.2. The van der Waals surface area contributed by atoms with Gasteiger partial charge in [-0.05, 0) is 122 Å². The molecule has 0 aliphatic carbocycles. The summed E-state index contributed by atoms with van der Waals surface area (Å²) in [5, 5.41) is 40.3. The van der Waals surface area contributed by atoms with Crippen molar-refractivity contribution in [2.75, 3.05) is 26.4 Å². The number of ether oxygens (including phenoxy) is 4. The molecule has 6 atom stereocenters. The minimum atomic E-state index is -1.57. The maximum Gasteiger partial charge on any atom is 0.306 e. The Kier molecular flexibility index (Phi) is 46.9. The first-order chi connectivity index (χ1) is 35.4. The molecule has 1 fully saturated rings. The van der Waals surface area contributed by atoms with Crippen LogP contribution in [0.4, 0.5) is 0 Å². The molecule has 1 heterocycles. The summed E-state index contributed by atoms with van der Waals surface area (Å²) in [7, 11) is 0. The van der Waals surface area contributed by atoms with Gasteiger partial charge >= 0.3 is 5.97 Å². The molecular weight excluding hydrogens is 901 g/mol. The van der Waals surface area contributed by atoms with Gasteiger partial charge in [0, 0.05) is 13.0 Å². The van der Waals surface area contributed by atoms with Crippen LogP contribution in [-0.2, 0) is 23.7 Å². The molecule has 0 aromatic carbocycles. The summed E-state index contributed by atoms with van der Waals surface area (Å²) in [4.78, 5) is 12.8. The average Bonchev–Trinajstić information content (AvgIpc) is 3.38. The van der Waals surface area contributed by atoms with E-state index in [-0.39, 0.29) is 25.6 Å². The Hall–Kier alpha value is -4.45. The number of carbonyl (C=O) groups is 1. The predicted molar refractivity (Wildman–Crippen MR) is 301 cm³/mol. The first kappa shape index (κ1) is 65.6.